The van der Waals surface area contributed by atoms with Crippen molar-refractivity contribution in [2.24, 2.45) is 4.99 Å². The molecular weight excluding hydrogens is 426 g/mol. The third-order valence-corrected chi connectivity index (χ3v) is 5.49. The predicted molar refractivity (Wildman–Crippen MR) is 113 cm³/mol. The normalized spacial score (nSPS) is 17.7. The maximum Gasteiger partial charge on any atom is 0.283 e. The molecule has 27 heavy (non-hydrogen) atoms. The molecule has 134 valence electrons. The van der Waals surface area contributed by atoms with Gasteiger partial charge in [0.2, 0.25) is 0 Å². The average Bonchev–Trinajstić information content (AvgIpc) is 3.10. The van der Waals surface area contributed by atoms with E-state index in [4.69, 9.17) is 10.1 Å². The van der Waals surface area contributed by atoms with E-state index in [1.807, 2.05) is 53.9 Å². The number of methoxy groups -OCH3 is 1. The number of rotatable bonds is 3. The number of aliphatic imine (C=N–C) groups is 1. The molecule has 2 aliphatic rings. The molecule has 0 radical (unpaired) electrons. The number of thioether (sulfide) groups is 1. The van der Waals surface area contributed by atoms with Gasteiger partial charge in [0.1, 0.15) is 11.6 Å². The Kier molecular flexibility index (Phi) is 4.72. The number of carbonyl (C=O) groups excluding carboxylic acids is 1. The van der Waals surface area contributed by atoms with E-state index < -0.39 is 5.91 Å². The van der Waals surface area contributed by atoms with Crippen molar-refractivity contribution in [2.75, 3.05) is 7.11 Å². The zero-order chi connectivity index (χ0) is 19.0. The first kappa shape index (κ1) is 17.8. The summed E-state index contributed by atoms with van der Waals surface area (Å²) in [6.07, 6.45) is 1.65. The summed E-state index contributed by atoms with van der Waals surface area (Å²) in [5, 5.41) is 11.1. The smallest absolute Gasteiger partial charge is 0.283 e. The summed E-state index contributed by atoms with van der Waals surface area (Å²) in [6, 6.07) is 15.3. The minimum atomic E-state index is -0.427. The van der Waals surface area contributed by atoms with Crippen molar-refractivity contribution >= 4 is 56.4 Å². The van der Waals surface area contributed by atoms with Crippen LogP contribution < -0.4 is 4.74 Å². The molecule has 2 aromatic carbocycles. The third kappa shape index (κ3) is 3.24. The van der Waals surface area contributed by atoms with Crippen LogP contribution in [0.3, 0.4) is 0 Å². The van der Waals surface area contributed by atoms with Gasteiger partial charge in [0.05, 0.1) is 18.4 Å². The van der Waals surface area contributed by atoms with Gasteiger partial charge in [-0.1, -0.05) is 58.0 Å². The molecule has 0 bridgehead atoms. The maximum atomic E-state index is 12.6. The molecule has 0 aliphatic carbocycles. The molecule has 2 aliphatic heterocycles. The van der Waals surface area contributed by atoms with E-state index in [-0.39, 0.29) is 11.4 Å². The monoisotopic (exact) mass is 439 g/mol. The highest BCUT2D eigenvalue weighted by Gasteiger charge is 2.36. The van der Waals surface area contributed by atoms with Crippen LogP contribution in [0.2, 0.25) is 0 Å². The molecule has 2 heterocycles. The zero-order valence-corrected chi connectivity index (χ0v) is 16.7. The van der Waals surface area contributed by atoms with E-state index in [2.05, 4.69) is 20.9 Å². The quantitative estimate of drug-likeness (QED) is 0.699. The highest BCUT2D eigenvalue weighted by molar-refractivity contribution is 9.10. The molecule has 0 atom stereocenters. The van der Waals surface area contributed by atoms with Gasteiger partial charge in [-0.15, -0.1) is 0 Å². The number of halogens is 1. The lowest BCUT2D eigenvalue weighted by Gasteiger charge is -2.27. The van der Waals surface area contributed by atoms with Gasteiger partial charge in [0, 0.05) is 15.4 Å². The van der Waals surface area contributed by atoms with E-state index in [0.717, 1.165) is 15.7 Å². The predicted octanol–water partition coefficient (Wildman–Crippen LogP) is 4.76. The second kappa shape index (κ2) is 7.17. The van der Waals surface area contributed by atoms with Crippen molar-refractivity contribution in [2.45, 2.75) is 0 Å². The van der Waals surface area contributed by atoms with E-state index >= 15 is 0 Å². The lowest BCUT2D eigenvalue weighted by Crippen LogP contribution is -2.38. The van der Waals surface area contributed by atoms with Crippen molar-refractivity contribution in [3.63, 3.8) is 0 Å². The Morgan fingerprint density at radius 2 is 2.00 bits per heavy atom. The molecule has 0 aromatic heterocycles. The first-order chi connectivity index (χ1) is 13.1. The molecule has 0 unspecified atom stereocenters. The van der Waals surface area contributed by atoms with Crippen LogP contribution in [0.25, 0.3) is 11.8 Å². The van der Waals surface area contributed by atoms with Crippen LogP contribution >= 0.6 is 27.7 Å². The summed E-state index contributed by atoms with van der Waals surface area (Å²) in [4.78, 5) is 18.5. The molecule has 0 saturated heterocycles. The number of benzene rings is 2. The molecule has 4 rings (SSSR count). The zero-order valence-electron chi connectivity index (χ0n) is 14.3. The number of nitrogens with one attached hydrogen (secondary N) is 1. The summed E-state index contributed by atoms with van der Waals surface area (Å²) < 4.78 is 6.23. The molecule has 1 N–H and O–H groups in total. The molecule has 5 nitrogen and oxygen atoms in total. The molecule has 2 aromatic rings. The minimum Gasteiger partial charge on any atom is -0.496 e. The van der Waals surface area contributed by atoms with Gasteiger partial charge < -0.3 is 4.74 Å². The number of hydrogen-bond donors (Lipinski definition) is 1. The number of amides is 1. The Bertz CT molecular complexity index is 1040. The number of nitrogens with zero attached hydrogens (tertiary/aromatic N) is 2. The van der Waals surface area contributed by atoms with Crippen LogP contribution in [0, 0.1) is 5.41 Å². The van der Waals surface area contributed by atoms with Crippen molar-refractivity contribution in [1.29, 1.82) is 5.41 Å². The van der Waals surface area contributed by atoms with Crippen LogP contribution in [-0.2, 0) is 4.79 Å². The van der Waals surface area contributed by atoms with Gasteiger partial charge in [-0.2, -0.15) is 4.99 Å². The number of carbonyl (C=O) groups is 1. The maximum absolute atomic E-state index is 12.6. The van der Waals surface area contributed by atoms with Crippen molar-refractivity contribution in [3.05, 3.63) is 75.1 Å². The van der Waals surface area contributed by atoms with Gasteiger partial charge in [-0.05, 0) is 29.8 Å². The first-order valence-electron chi connectivity index (χ1n) is 8.08. The minimum absolute atomic E-state index is 0.104. The fourth-order valence-corrected chi connectivity index (χ4v) is 4.16. The number of hydrogen-bond acceptors (Lipinski definition) is 4. The number of ether oxygens (including phenoxy) is 1. The van der Waals surface area contributed by atoms with Crippen LogP contribution in [-0.4, -0.2) is 28.9 Å². The lowest BCUT2D eigenvalue weighted by atomic mass is 10.1. The standard InChI is InChI=1S/C20H14BrN3O2S/c1-26-17-8-7-14(21)9-13(17)10-15-18(22)24-16(12-5-3-2-4-6-12)11-27-20(24)23-19(15)25/h2-11,22H,1H3. The topological polar surface area (TPSA) is 65.8 Å². The fraction of sp³-hybridized carbons (Fsp3) is 0.0500. The first-order valence-corrected chi connectivity index (χ1v) is 9.75. The second-order valence-corrected chi connectivity index (χ2v) is 7.57. The van der Waals surface area contributed by atoms with Crippen LogP contribution in [0.4, 0.5) is 0 Å². The van der Waals surface area contributed by atoms with Gasteiger partial charge in [0.25, 0.3) is 5.91 Å². The van der Waals surface area contributed by atoms with Gasteiger partial charge >= 0.3 is 0 Å². The SMILES string of the molecule is COc1ccc(Br)cc1C=C1C(=N)N2C(c3ccccc3)=CSC2=NC1=O. The highest BCUT2D eigenvalue weighted by Crippen LogP contribution is 2.37. The summed E-state index contributed by atoms with van der Waals surface area (Å²) in [6.45, 7) is 0. The van der Waals surface area contributed by atoms with E-state index in [0.29, 0.717) is 16.5 Å². The second-order valence-electron chi connectivity index (χ2n) is 5.81. The van der Waals surface area contributed by atoms with Crippen molar-refractivity contribution in [3.8, 4) is 5.75 Å². The van der Waals surface area contributed by atoms with Gasteiger partial charge in [0.15, 0.2) is 5.17 Å². The number of amidine groups is 2. The van der Waals surface area contributed by atoms with E-state index in [1.54, 1.807) is 18.1 Å². The Morgan fingerprint density at radius 1 is 1.22 bits per heavy atom. The van der Waals surface area contributed by atoms with E-state index in [1.165, 1.54) is 11.8 Å². The summed E-state index contributed by atoms with van der Waals surface area (Å²) >= 11 is 4.78. The number of fused-ring (bicyclic) bond motifs is 1. The highest BCUT2D eigenvalue weighted by atomic mass is 79.9. The van der Waals surface area contributed by atoms with Gasteiger partial charge in [-0.25, -0.2) is 0 Å². The van der Waals surface area contributed by atoms with Crippen LogP contribution in [0.1, 0.15) is 11.1 Å². The Morgan fingerprint density at radius 3 is 2.74 bits per heavy atom. The molecular formula is C20H14BrN3O2S. The third-order valence-electron chi connectivity index (χ3n) is 4.18. The van der Waals surface area contributed by atoms with Crippen molar-refractivity contribution in [1.82, 2.24) is 4.90 Å². The molecule has 7 heteroatoms. The molecule has 0 fully saturated rings. The Labute approximate surface area is 169 Å². The lowest BCUT2D eigenvalue weighted by molar-refractivity contribution is -0.114. The van der Waals surface area contributed by atoms with Crippen LogP contribution in [0.15, 0.2) is 69.0 Å². The van der Waals surface area contributed by atoms with Gasteiger partial charge in [-0.3, -0.25) is 15.1 Å². The molecule has 0 saturated carbocycles. The average molecular weight is 440 g/mol. The molecule has 1 amide bonds. The van der Waals surface area contributed by atoms with E-state index in [9.17, 15) is 4.79 Å². The van der Waals surface area contributed by atoms with Crippen molar-refractivity contribution < 1.29 is 9.53 Å². The largest absolute Gasteiger partial charge is 0.496 e. The molecule has 0 spiro atoms. The fourth-order valence-electron chi connectivity index (χ4n) is 2.89. The summed E-state index contributed by atoms with van der Waals surface area (Å²) in [5.74, 6) is 0.298. The summed E-state index contributed by atoms with van der Waals surface area (Å²) in [5.41, 5.74) is 2.73. The van der Waals surface area contributed by atoms with Crippen LogP contribution in [0.5, 0.6) is 5.75 Å². The Hall–Kier alpha value is -2.64. The summed E-state index contributed by atoms with van der Waals surface area (Å²) in [7, 11) is 1.57. The Balaban J connectivity index is 1.77.